The van der Waals surface area contributed by atoms with Crippen LogP contribution >= 0.6 is 0 Å². The zero-order valence-corrected chi connectivity index (χ0v) is 6.93. The minimum Gasteiger partial charge on any atom is -0.478 e. The van der Waals surface area contributed by atoms with Crippen molar-refractivity contribution >= 4 is 11.7 Å². The van der Waals surface area contributed by atoms with Crippen LogP contribution in [0.15, 0.2) is 18.2 Å². The van der Waals surface area contributed by atoms with Gasteiger partial charge in [-0.1, -0.05) is 6.07 Å². The molecule has 0 radical (unpaired) electrons. The average Bonchev–Trinajstić information content (AvgIpc) is 2.04. The smallest absolute Gasteiger partial charge is 0.336 e. The van der Waals surface area contributed by atoms with Gasteiger partial charge in [0.15, 0.2) is 0 Å². The van der Waals surface area contributed by atoms with Crippen LogP contribution < -0.4 is 5.23 Å². The van der Waals surface area contributed by atoms with E-state index in [0.717, 1.165) is 0 Å². The standard InChI is InChI=1S/C8H9NO4/c1-5-2-3-6(9(12)13)4-7(5)8(10)11/h2-4,12-13H,1H3,(H,10,11). The molecule has 0 bridgehead atoms. The van der Waals surface area contributed by atoms with Crippen LogP contribution in [0.25, 0.3) is 0 Å². The van der Waals surface area contributed by atoms with Gasteiger partial charge in [-0.15, -0.1) is 5.23 Å². The van der Waals surface area contributed by atoms with Crippen LogP contribution in [0.2, 0.25) is 0 Å². The number of benzene rings is 1. The van der Waals surface area contributed by atoms with E-state index in [2.05, 4.69) is 0 Å². The van der Waals surface area contributed by atoms with Crippen molar-refractivity contribution in [1.29, 1.82) is 0 Å². The molecule has 0 aliphatic carbocycles. The number of aryl methyl sites for hydroxylation is 1. The van der Waals surface area contributed by atoms with Crippen molar-refractivity contribution in [3.63, 3.8) is 0 Å². The van der Waals surface area contributed by atoms with Crippen LogP contribution in [0.3, 0.4) is 0 Å². The molecular formula is C8H9NO4. The Morgan fingerprint density at radius 3 is 2.46 bits per heavy atom. The fourth-order valence-electron chi connectivity index (χ4n) is 0.965. The molecular weight excluding hydrogens is 174 g/mol. The normalized spacial score (nSPS) is 9.77. The second kappa shape index (κ2) is 3.42. The minimum absolute atomic E-state index is 0.0167. The third kappa shape index (κ3) is 1.95. The first-order valence-corrected chi connectivity index (χ1v) is 3.54. The van der Waals surface area contributed by atoms with Gasteiger partial charge in [-0.25, -0.2) is 4.79 Å². The first kappa shape index (κ1) is 9.50. The minimum atomic E-state index is -1.10. The highest BCUT2D eigenvalue weighted by molar-refractivity contribution is 5.90. The van der Waals surface area contributed by atoms with Gasteiger partial charge in [-0.3, -0.25) is 10.4 Å². The van der Waals surface area contributed by atoms with Gasteiger partial charge >= 0.3 is 5.97 Å². The second-order valence-electron chi connectivity index (χ2n) is 2.59. The van der Waals surface area contributed by atoms with Crippen molar-refractivity contribution in [2.24, 2.45) is 0 Å². The van der Waals surface area contributed by atoms with E-state index in [4.69, 9.17) is 15.5 Å². The Bertz CT molecular complexity index is 335. The van der Waals surface area contributed by atoms with Crippen molar-refractivity contribution in [3.05, 3.63) is 29.3 Å². The predicted molar refractivity (Wildman–Crippen MR) is 44.2 cm³/mol. The molecule has 0 unspecified atom stereocenters. The molecule has 5 heteroatoms. The van der Waals surface area contributed by atoms with Gasteiger partial charge in [0.05, 0.1) is 11.3 Å². The highest BCUT2D eigenvalue weighted by atomic mass is 16.8. The van der Waals surface area contributed by atoms with Gasteiger partial charge in [-0.2, -0.15) is 0 Å². The summed E-state index contributed by atoms with van der Waals surface area (Å²) in [6.07, 6.45) is 0. The van der Waals surface area contributed by atoms with Crippen LogP contribution in [0, 0.1) is 6.92 Å². The molecule has 0 aliphatic heterocycles. The van der Waals surface area contributed by atoms with Crippen LogP contribution in [-0.4, -0.2) is 21.5 Å². The van der Waals surface area contributed by atoms with E-state index in [1.807, 2.05) is 0 Å². The Morgan fingerprint density at radius 2 is 2.00 bits per heavy atom. The summed E-state index contributed by atoms with van der Waals surface area (Å²) < 4.78 is 0. The van der Waals surface area contributed by atoms with E-state index in [9.17, 15) is 4.79 Å². The maximum atomic E-state index is 10.6. The number of aromatic carboxylic acids is 1. The van der Waals surface area contributed by atoms with Crippen molar-refractivity contribution in [2.45, 2.75) is 6.92 Å². The number of carbonyl (C=O) groups is 1. The summed E-state index contributed by atoms with van der Waals surface area (Å²) in [5.41, 5.74) is 0.631. The topological polar surface area (TPSA) is 81.0 Å². The largest absolute Gasteiger partial charge is 0.478 e. The van der Waals surface area contributed by atoms with Crippen molar-refractivity contribution in [2.75, 3.05) is 5.23 Å². The summed E-state index contributed by atoms with van der Waals surface area (Å²) in [7, 11) is 0. The lowest BCUT2D eigenvalue weighted by molar-refractivity contribution is 0.0291. The molecule has 0 saturated heterocycles. The second-order valence-corrected chi connectivity index (χ2v) is 2.59. The Hall–Kier alpha value is -1.59. The van der Waals surface area contributed by atoms with Gasteiger partial charge in [0.1, 0.15) is 0 Å². The molecule has 0 fully saturated rings. The van der Waals surface area contributed by atoms with Crippen LogP contribution in [0.4, 0.5) is 5.69 Å². The molecule has 1 aromatic rings. The number of hydrogen-bond donors (Lipinski definition) is 3. The molecule has 70 valence electrons. The highest BCUT2D eigenvalue weighted by Crippen LogP contribution is 2.16. The molecule has 0 heterocycles. The fourth-order valence-corrected chi connectivity index (χ4v) is 0.965. The molecule has 0 aromatic heterocycles. The van der Waals surface area contributed by atoms with E-state index in [-0.39, 0.29) is 16.5 Å². The van der Waals surface area contributed by atoms with Gasteiger partial charge < -0.3 is 5.11 Å². The average molecular weight is 183 g/mol. The van der Waals surface area contributed by atoms with Crippen molar-refractivity contribution < 1.29 is 20.3 Å². The van der Waals surface area contributed by atoms with Gasteiger partial charge in [-0.05, 0) is 24.6 Å². The zero-order valence-electron chi connectivity index (χ0n) is 6.93. The fraction of sp³-hybridized carbons (Fsp3) is 0.125. The molecule has 0 spiro atoms. The van der Waals surface area contributed by atoms with Crippen LogP contribution in [0.1, 0.15) is 15.9 Å². The summed E-state index contributed by atoms with van der Waals surface area (Å²) in [4.78, 5) is 10.6. The van der Waals surface area contributed by atoms with Crippen LogP contribution in [-0.2, 0) is 0 Å². The quantitative estimate of drug-likeness (QED) is 0.601. The van der Waals surface area contributed by atoms with Crippen LogP contribution in [0.5, 0.6) is 0 Å². The lowest BCUT2D eigenvalue weighted by atomic mass is 10.1. The summed E-state index contributed by atoms with van der Waals surface area (Å²) in [6.45, 7) is 1.63. The molecule has 5 nitrogen and oxygen atoms in total. The van der Waals surface area contributed by atoms with Gasteiger partial charge in [0, 0.05) is 0 Å². The number of nitrogens with zero attached hydrogens (tertiary/aromatic N) is 1. The third-order valence-corrected chi connectivity index (χ3v) is 1.68. The third-order valence-electron chi connectivity index (χ3n) is 1.68. The SMILES string of the molecule is Cc1ccc(N(O)O)cc1C(=O)O. The molecule has 1 aromatic carbocycles. The Morgan fingerprint density at radius 1 is 1.38 bits per heavy atom. The number of anilines is 1. The Kier molecular flexibility index (Phi) is 2.50. The van der Waals surface area contributed by atoms with E-state index in [0.29, 0.717) is 5.56 Å². The number of carboxylic acid groups (broad SMARTS) is 1. The molecule has 1 rings (SSSR count). The van der Waals surface area contributed by atoms with E-state index >= 15 is 0 Å². The zero-order chi connectivity index (χ0) is 10.0. The maximum Gasteiger partial charge on any atom is 0.336 e. The Labute approximate surface area is 74.4 Å². The summed E-state index contributed by atoms with van der Waals surface area (Å²) in [5, 5.41) is 25.8. The maximum absolute atomic E-state index is 10.6. The van der Waals surface area contributed by atoms with Crippen molar-refractivity contribution in [3.8, 4) is 0 Å². The molecule has 13 heavy (non-hydrogen) atoms. The Balaban J connectivity index is 3.19. The molecule has 3 N–H and O–H groups in total. The number of hydrogen-bond acceptors (Lipinski definition) is 4. The van der Waals surface area contributed by atoms with E-state index in [1.54, 1.807) is 6.92 Å². The summed E-state index contributed by atoms with van der Waals surface area (Å²) in [5.74, 6) is -1.10. The summed E-state index contributed by atoms with van der Waals surface area (Å²) >= 11 is 0. The number of carboxylic acids is 1. The lowest BCUT2D eigenvalue weighted by Crippen LogP contribution is -2.12. The summed E-state index contributed by atoms with van der Waals surface area (Å²) in [6, 6.07) is 4.08. The van der Waals surface area contributed by atoms with E-state index < -0.39 is 5.97 Å². The molecule has 0 amide bonds. The van der Waals surface area contributed by atoms with Crippen molar-refractivity contribution in [1.82, 2.24) is 0 Å². The highest BCUT2D eigenvalue weighted by Gasteiger charge is 2.09. The number of rotatable bonds is 2. The van der Waals surface area contributed by atoms with Gasteiger partial charge in [0.25, 0.3) is 0 Å². The first-order chi connectivity index (χ1) is 6.02. The molecule has 0 aliphatic rings. The first-order valence-electron chi connectivity index (χ1n) is 3.54. The predicted octanol–water partition coefficient (Wildman–Crippen LogP) is 1.28. The molecule has 0 atom stereocenters. The lowest BCUT2D eigenvalue weighted by Gasteiger charge is -2.09. The molecule has 0 saturated carbocycles. The van der Waals surface area contributed by atoms with Gasteiger partial charge in [0.2, 0.25) is 0 Å². The van der Waals surface area contributed by atoms with E-state index in [1.165, 1.54) is 18.2 Å². The monoisotopic (exact) mass is 183 g/mol.